The number of aromatic nitrogens is 4. The summed E-state index contributed by atoms with van der Waals surface area (Å²) in [5, 5.41) is 14.5. The third-order valence-corrected chi connectivity index (χ3v) is 5.24. The fourth-order valence-corrected chi connectivity index (χ4v) is 3.58. The van der Waals surface area contributed by atoms with Gasteiger partial charge in [0.2, 0.25) is 0 Å². The van der Waals surface area contributed by atoms with Crippen LogP contribution in [0.5, 0.6) is 0 Å². The summed E-state index contributed by atoms with van der Waals surface area (Å²) >= 11 is 5.78. The van der Waals surface area contributed by atoms with Crippen LogP contribution in [0.25, 0.3) is 10.9 Å². The first kappa shape index (κ1) is 21.5. The Morgan fingerprint density at radius 3 is 2.66 bits per heavy atom. The van der Waals surface area contributed by atoms with E-state index in [1.807, 2.05) is 13.2 Å². The molecule has 2 N–H and O–H groups in total. The lowest BCUT2D eigenvalue weighted by molar-refractivity contribution is 0.0953. The zero-order valence-electron chi connectivity index (χ0n) is 17.4. The normalized spacial score (nSPS) is 11.0. The molecular weight excluding hydrogens is 435 g/mol. The molecule has 2 amide bonds. The number of hydrogen-bond donors (Lipinski definition) is 2. The topological polar surface area (TPSA) is 93.8 Å². The van der Waals surface area contributed by atoms with Gasteiger partial charge < -0.3 is 10.6 Å². The highest BCUT2D eigenvalue weighted by atomic mass is 35.5. The molecular formula is C22H20ClFN6O2. The highest BCUT2D eigenvalue weighted by Gasteiger charge is 2.18. The van der Waals surface area contributed by atoms with Gasteiger partial charge in [0, 0.05) is 43.5 Å². The highest BCUT2D eigenvalue weighted by Crippen LogP contribution is 2.23. The monoisotopic (exact) mass is 454 g/mol. The summed E-state index contributed by atoms with van der Waals surface area (Å²) in [5.74, 6) is -1.22. The van der Waals surface area contributed by atoms with Crippen LogP contribution in [0.15, 0.2) is 48.8 Å². The highest BCUT2D eigenvalue weighted by molar-refractivity contribution is 6.31. The molecule has 0 aliphatic heterocycles. The maximum atomic E-state index is 13.4. The van der Waals surface area contributed by atoms with E-state index in [4.69, 9.17) is 11.6 Å². The zero-order valence-corrected chi connectivity index (χ0v) is 18.2. The second-order valence-corrected chi connectivity index (χ2v) is 7.72. The lowest BCUT2D eigenvalue weighted by Crippen LogP contribution is -2.25. The van der Waals surface area contributed by atoms with E-state index in [1.54, 1.807) is 36.1 Å². The maximum absolute atomic E-state index is 13.4. The molecule has 4 rings (SSSR count). The largest absolute Gasteiger partial charge is 0.352 e. The SMILES string of the molecule is Cn1cc(CCNC(=O)c2ccc3c(C(=O)Nc4ccc(F)c(Cl)c4)n(C)nc3c2)cn1. The Morgan fingerprint density at radius 2 is 1.94 bits per heavy atom. The molecule has 2 aromatic heterocycles. The average molecular weight is 455 g/mol. The minimum absolute atomic E-state index is 0.0863. The fraction of sp³-hybridized carbons (Fsp3) is 0.182. The Morgan fingerprint density at radius 1 is 1.12 bits per heavy atom. The third kappa shape index (κ3) is 4.47. The molecule has 10 heteroatoms. The lowest BCUT2D eigenvalue weighted by Gasteiger charge is -2.07. The van der Waals surface area contributed by atoms with E-state index in [0.717, 1.165) is 5.56 Å². The zero-order chi connectivity index (χ0) is 22.8. The number of fused-ring (bicyclic) bond motifs is 1. The van der Waals surface area contributed by atoms with Crippen molar-refractivity contribution in [2.45, 2.75) is 6.42 Å². The average Bonchev–Trinajstić information content (AvgIpc) is 3.31. The lowest BCUT2D eigenvalue weighted by atomic mass is 10.1. The van der Waals surface area contributed by atoms with Crippen LogP contribution in [0.4, 0.5) is 10.1 Å². The van der Waals surface area contributed by atoms with Gasteiger partial charge in [-0.1, -0.05) is 11.6 Å². The number of nitrogens with zero attached hydrogens (tertiary/aromatic N) is 4. The molecule has 0 aliphatic rings. The number of carbonyl (C=O) groups excluding carboxylic acids is 2. The van der Waals surface area contributed by atoms with Crippen LogP contribution in [0.3, 0.4) is 0 Å². The number of carbonyl (C=O) groups is 2. The summed E-state index contributed by atoms with van der Waals surface area (Å²) in [7, 11) is 3.48. The van der Waals surface area contributed by atoms with Crippen molar-refractivity contribution in [3.05, 3.63) is 76.5 Å². The van der Waals surface area contributed by atoms with Crippen molar-refractivity contribution >= 4 is 40.0 Å². The van der Waals surface area contributed by atoms with Crippen LogP contribution in [0, 0.1) is 5.82 Å². The molecule has 0 spiro atoms. The number of rotatable bonds is 6. The van der Waals surface area contributed by atoms with Gasteiger partial charge in [-0.15, -0.1) is 0 Å². The van der Waals surface area contributed by atoms with Crippen LogP contribution in [0.1, 0.15) is 26.4 Å². The van der Waals surface area contributed by atoms with Crippen LogP contribution in [-0.2, 0) is 20.5 Å². The van der Waals surface area contributed by atoms with Gasteiger partial charge in [-0.05, 0) is 48.4 Å². The molecule has 164 valence electrons. The summed E-state index contributed by atoms with van der Waals surface area (Å²) in [6.07, 6.45) is 4.33. The number of aryl methyl sites for hydroxylation is 2. The van der Waals surface area contributed by atoms with Gasteiger partial charge in [0.15, 0.2) is 0 Å². The van der Waals surface area contributed by atoms with E-state index in [2.05, 4.69) is 20.8 Å². The number of benzene rings is 2. The van der Waals surface area contributed by atoms with E-state index in [-0.39, 0.29) is 10.9 Å². The molecule has 8 nitrogen and oxygen atoms in total. The van der Waals surface area contributed by atoms with Gasteiger partial charge in [-0.25, -0.2) is 4.39 Å². The molecule has 2 aromatic carbocycles. The van der Waals surface area contributed by atoms with Crippen LogP contribution < -0.4 is 10.6 Å². The molecule has 2 heterocycles. The van der Waals surface area contributed by atoms with Gasteiger partial charge in [0.25, 0.3) is 11.8 Å². The van der Waals surface area contributed by atoms with Crippen molar-refractivity contribution in [1.29, 1.82) is 0 Å². The molecule has 0 aliphatic carbocycles. The second kappa shape index (κ2) is 8.80. The predicted octanol–water partition coefficient (Wildman–Crippen LogP) is 3.32. The van der Waals surface area contributed by atoms with Gasteiger partial charge in [-0.2, -0.15) is 10.2 Å². The number of anilines is 1. The minimum Gasteiger partial charge on any atom is -0.352 e. The van der Waals surface area contributed by atoms with E-state index in [1.165, 1.54) is 22.9 Å². The third-order valence-electron chi connectivity index (χ3n) is 4.95. The maximum Gasteiger partial charge on any atom is 0.274 e. The first-order valence-electron chi connectivity index (χ1n) is 9.80. The van der Waals surface area contributed by atoms with E-state index >= 15 is 0 Å². The minimum atomic E-state index is -0.568. The standard InChI is InChI=1S/C22H20ClFN6O2/c1-29-12-13(11-26-29)7-8-25-21(31)14-3-5-16-19(9-14)28-30(2)20(16)22(32)27-15-4-6-18(24)17(23)10-15/h3-6,9-12H,7-8H2,1-2H3,(H,25,31)(H,27,32). The van der Waals surface area contributed by atoms with Crippen LogP contribution >= 0.6 is 11.6 Å². The van der Waals surface area contributed by atoms with Crippen molar-refractivity contribution in [1.82, 2.24) is 24.9 Å². The van der Waals surface area contributed by atoms with Crippen molar-refractivity contribution in [3.8, 4) is 0 Å². The molecule has 0 atom stereocenters. The van der Waals surface area contributed by atoms with E-state index < -0.39 is 11.7 Å². The van der Waals surface area contributed by atoms with E-state index in [9.17, 15) is 14.0 Å². The molecule has 4 aromatic rings. The number of nitrogens with one attached hydrogen (secondary N) is 2. The van der Waals surface area contributed by atoms with Gasteiger partial charge >= 0.3 is 0 Å². The number of hydrogen-bond acceptors (Lipinski definition) is 4. The molecule has 32 heavy (non-hydrogen) atoms. The van der Waals surface area contributed by atoms with E-state index in [0.29, 0.717) is 40.8 Å². The Hall–Kier alpha value is -3.72. The molecule has 0 fully saturated rings. The van der Waals surface area contributed by atoms with Gasteiger partial charge in [-0.3, -0.25) is 19.0 Å². The van der Waals surface area contributed by atoms with Crippen molar-refractivity contribution in [2.75, 3.05) is 11.9 Å². The van der Waals surface area contributed by atoms with Gasteiger partial charge in [0.1, 0.15) is 11.5 Å². The second-order valence-electron chi connectivity index (χ2n) is 7.32. The van der Waals surface area contributed by atoms with Crippen LogP contribution in [0.2, 0.25) is 5.02 Å². The van der Waals surface area contributed by atoms with Crippen LogP contribution in [-0.4, -0.2) is 37.9 Å². The fourth-order valence-electron chi connectivity index (χ4n) is 3.40. The summed E-state index contributed by atoms with van der Waals surface area (Å²) in [6.45, 7) is 0.471. The van der Waals surface area contributed by atoms with Crippen molar-refractivity contribution in [3.63, 3.8) is 0 Å². The first-order valence-corrected chi connectivity index (χ1v) is 10.2. The quantitative estimate of drug-likeness (QED) is 0.467. The molecule has 0 saturated carbocycles. The Balaban J connectivity index is 1.48. The molecule has 0 bridgehead atoms. The Kier molecular flexibility index (Phi) is 5.91. The molecule has 0 saturated heterocycles. The molecule has 0 radical (unpaired) electrons. The Labute approximate surface area is 188 Å². The first-order chi connectivity index (χ1) is 15.3. The number of amides is 2. The summed E-state index contributed by atoms with van der Waals surface area (Å²) in [5.41, 5.74) is 2.66. The summed E-state index contributed by atoms with van der Waals surface area (Å²) < 4.78 is 16.5. The van der Waals surface area contributed by atoms with Gasteiger partial charge in [0.05, 0.1) is 16.7 Å². The predicted molar refractivity (Wildman–Crippen MR) is 119 cm³/mol. The number of halogens is 2. The smallest absolute Gasteiger partial charge is 0.274 e. The Bertz CT molecular complexity index is 1330. The summed E-state index contributed by atoms with van der Waals surface area (Å²) in [4.78, 5) is 25.3. The van der Waals surface area contributed by atoms with Crippen molar-refractivity contribution in [2.24, 2.45) is 14.1 Å². The van der Waals surface area contributed by atoms with Crippen molar-refractivity contribution < 1.29 is 14.0 Å². The molecule has 0 unspecified atom stereocenters. The summed E-state index contributed by atoms with van der Waals surface area (Å²) in [6, 6.07) is 8.91.